The zero-order valence-electron chi connectivity index (χ0n) is 5.29. The molecule has 0 aliphatic heterocycles. The van der Waals surface area contributed by atoms with E-state index >= 15 is 0 Å². The molecule has 0 aromatic carbocycles. The summed E-state index contributed by atoms with van der Waals surface area (Å²) in [4.78, 5) is 0. The molecule has 0 aromatic rings. The maximum Gasteiger partial charge on any atom is 0.219 e. The van der Waals surface area contributed by atoms with Crippen LogP contribution in [-0.2, 0) is 0 Å². The van der Waals surface area contributed by atoms with Crippen LogP contribution in [0.25, 0.3) is 0 Å². The molecule has 0 saturated carbocycles. The third-order valence-electron chi connectivity index (χ3n) is 0.581. The summed E-state index contributed by atoms with van der Waals surface area (Å²) in [6.07, 6.45) is 1.55. The maximum absolute atomic E-state index is 8.55. The van der Waals surface area contributed by atoms with Crippen molar-refractivity contribution < 1.29 is 10.2 Å². The van der Waals surface area contributed by atoms with Crippen LogP contribution in [0.2, 0.25) is 0 Å². The monoisotopic (exact) mass is 153 g/mol. The quantitative estimate of drug-likeness (QED) is 0.390. The average molecular weight is 154 g/mol. The van der Waals surface area contributed by atoms with E-state index in [1.165, 1.54) is 6.92 Å². The van der Waals surface area contributed by atoms with E-state index < -0.39 is 5.91 Å². The minimum Gasteiger partial charge on any atom is -0.354 e. The van der Waals surface area contributed by atoms with Gasteiger partial charge in [-0.25, -0.2) is 0 Å². The number of hydrogen-bond acceptors (Lipinski definition) is 3. The van der Waals surface area contributed by atoms with Gasteiger partial charge in [-0.05, 0) is 0 Å². The van der Waals surface area contributed by atoms with E-state index in [1.54, 1.807) is 6.08 Å². The van der Waals surface area contributed by atoms with Gasteiger partial charge in [0, 0.05) is 13.5 Å². The van der Waals surface area contributed by atoms with Crippen LogP contribution in [0.15, 0.2) is 12.7 Å². The molecule has 0 fully saturated rings. The third kappa shape index (κ3) is 11.5. The molecular formula is C5H12ClNO2. The average Bonchev–Trinajstić information content (AvgIpc) is 1.59. The molecule has 0 heterocycles. The minimum atomic E-state index is -1.77. The molecule has 56 valence electrons. The van der Waals surface area contributed by atoms with Crippen molar-refractivity contribution >= 4 is 12.4 Å². The normalized spacial score (nSPS) is 10.1. The Morgan fingerprint density at radius 2 is 2.11 bits per heavy atom. The van der Waals surface area contributed by atoms with Crippen molar-refractivity contribution in [2.45, 2.75) is 12.8 Å². The number of rotatable bonds is 3. The highest BCUT2D eigenvalue weighted by atomic mass is 35.5. The summed E-state index contributed by atoms with van der Waals surface area (Å²) in [5.41, 5.74) is 0. The summed E-state index contributed by atoms with van der Waals surface area (Å²) in [6, 6.07) is 0. The smallest absolute Gasteiger partial charge is 0.219 e. The van der Waals surface area contributed by atoms with E-state index in [-0.39, 0.29) is 12.4 Å². The first kappa shape index (κ1) is 11.7. The maximum atomic E-state index is 8.55. The highest BCUT2D eigenvalue weighted by Crippen LogP contribution is 1.86. The Balaban J connectivity index is 0. The van der Waals surface area contributed by atoms with E-state index in [1.807, 2.05) is 0 Å². The van der Waals surface area contributed by atoms with Crippen LogP contribution in [0.4, 0.5) is 0 Å². The van der Waals surface area contributed by atoms with E-state index in [4.69, 9.17) is 10.2 Å². The Morgan fingerprint density at radius 1 is 1.67 bits per heavy atom. The van der Waals surface area contributed by atoms with Crippen LogP contribution >= 0.6 is 12.4 Å². The molecule has 3 nitrogen and oxygen atoms in total. The van der Waals surface area contributed by atoms with Crippen LogP contribution in [0, 0.1) is 0 Å². The van der Waals surface area contributed by atoms with Gasteiger partial charge in [0.2, 0.25) is 5.91 Å². The molecule has 0 radical (unpaired) electrons. The molecule has 0 unspecified atom stereocenters. The number of aliphatic hydroxyl groups is 2. The van der Waals surface area contributed by atoms with Gasteiger partial charge in [0.1, 0.15) is 0 Å². The van der Waals surface area contributed by atoms with Crippen molar-refractivity contribution in [3.8, 4) is 0 Å². The van der Waals surface area contributed by atoms with Crippen LogP contribution in [0.1, 0.15) is 6.92 Å². The fourth-order valence-electron chi connectivity index (χ4n) is 0.266. The van der Waals surface area contributed by atoms with Gasteiger partial charge in [-0.1, -0.05) is 6.08 Å². The first-order valence-electron chi connectivity index (χ1n) is 2.37. The molecule has 9 heavy (non-hydrogen) atoms. The summed E-state index contributed by atoms with van der Waals surface area (Å²) in [6.45, 7) is 5.02. The lowest BCUT2D eigenvalue weighted by Gasteiger charge is -2.15. The molecule has 4 heteroatoms. The molecule has 0 spiro atoms. The van der Waals surface area contributed by atoms with Gasteiger partial charge < -0.3 is 10.2 Å². The highest BCUT2D eigenvalue weighted by Gasteiger charge is 2.10. The molecule has 0 amide bonds. The van der Waals surface area contributed by atoms with Crippen molar-refractivity contribution in [2.75, 3.05) is 6.54 Å². The van der Waals surface area contributed by atoms with Gasteiger partial charge in [-0.3, -0.25) is 5.32 Å². The molecule has 0 atom stereocenters. The predicted octanol–water partition coefficient (Wildman–Crippen LogP) is -0.158. The Kier molecular flexibility index (Phi) is 6.17. The standard InChI is InChI=1S/C5H11NO2.ClH/c1-3-4-6-5(2,7)8;/h3,6-8H,1,4H2,2H3;1H. The fourth-order valence-corrected chi connectivity index (χ4v) is 0.266. The molecule has 0 aliphatic carbocycles. The second-order valence-corrected chi connectivity index (χ2v) is 1.69. The molecule has 0 aromatic heterocycles. The lowest BCUT2D eigenvalue weighted by molar-refractivity contribution is -0.167. The predicted molar refractivity (Wildman–Crippen MR) is 38.3 cm³/mol. The van der Waals surface area contributed by atoms with Crippen molar-refractivity contribution in [2.24, 2.45) is 0 Å². The third-order valence-corrected chi connectivity index (χ3v) is 0.581. The zero-order chi connectivity index (χ0) is 6.62. The first-order chi connectivity index (χ1) is 3.56. The van der Waals surface area contributed by atoms with Gasteiger partial charge in [-0.15, -0.1) is 19.0 Å². The van der Waals surface area contributed by atoms with E-state index in [9.17, 15) is 0 Å². The SMILES string of the molecule is C=CCNC(C)(O)O.Cl. The van der Waals surface area contributed by atoms with Crippen molar-refractivity contribution in [1.29, 1.82) is 0 Å². The zero-order valence-corrected chi connectivity index (χ0v) is 6.11. The Hall–Kier alpha value is -0.0900. The van der Waals surface area contributed by atoms with Gasteiger partial charge in [0.25, 0.3) is 0 Å². The summed E-state index contributed by atoms with van der Waals surface area (Å²) in [7, 11) is 0. The van der Waals surface area contributed by atoms with Gasteiger partial charge in [0.15, 0.2) is 0 Å². The van der Waals surface area contributed by atoms with Gasteiger partial charge in [0.05, 0.1) is 0 Å². The second kappa shape index (κ2) is 4.76. The Labute approximate surface area is 60.8 Å². The summed E-state index contributed by atoms with van der Waals surface area (Å²) in [5.74, 6) is -1.77. The van der Waals surface area contributed by atoms with Crippen LogP contribution < -0.4 is 5.32 Å². The Bertz CT molecular complexity index is 79.5. The number of halogens is 1. The highest BCUT2D eigenvalue weighted by molar-refractivity contribution is 5.85. The molecule has 0 bridgehead atoms. The summed E-state index contributed by atoms with van der Waals surface area (Å²) >= 11 is 0. The van der Waals surface area contributed by atoms with E-state index in [0.29, 0.717) is 6.54 Å². The molecular weight excluding hydrogens is 142 g/mol. The number of nitrogens with one attached hydrogen (secondary N) is 1. The molecule has 0 rings (SSSR count). The molecule has 0 saturated heterocycles. The fraction of sp³-hybridized carbons (Fsp3) is 0.600. The lowest BCUT2D eigenvalue weighted by atomic mass is 10.5. The first-order valence-corrected chi connectivity index (χ1v) is 2.37. The Morgan fingerprint density at radius 3 is 2.22 bits per heavy atom. The van der Waals surface area contributed by atoms with Crippen molar-refractivity contribution in [3.63, 3.8) is 0 Å². The minimum absolute atomic E-state index is 0. The van der Waals surface area contributed by atoms with Crippen molar-refractivity contribution in [3.05, 3.63) is 12.7 Å². The lowest BCUT2D eigenvalue weighted by Crippen LogP contribution is -2.41. The van der Waals surface area contributed by atoms with Crippen LogP contribution in [0.5, 0.6) is 0 Å². The summed E-state index contributed by atoms with van der Waals surface area (Å²) < 4.78 is 0. The number of hydrogen-bond donors (Lipinski definition) is 3. The second-order valence-electron chi connectivity index (χ2n) is 1.69. The van der Waals surface area contributed by atoms with Crippen LogP contribution in [0.3, 0.4) is 0 Å². The van der Waals surface area contributed by atoms with Crippen LogP contribution in [-0.4, -0.2) is 22.7 Å². The largest absolute Gasteiger partial charge is 0.354 e. The van der Waals surface area contributed by atoms with E-state index in [2.05, 4.69) is 11.9 Å². The summed E-state index contributed by atoms with van der Waals surface area (Å²) in [5, 5.41) is 19.5. The molecule has 3 N–H and O–H groups in total. The van der Waals surface area contributed by atoms with Gasteiger partial charge >= 0.3 is 0 Å². The van der Waals surface area contributed by atoms with Crippen molar-refractivity contribution in [1.82, 2.24) is 5.32 Å². The topological polar surface area (TPSA) is 52.5 Å². The molecule has 0 aliphatic rings. The van der Waals surface area contributed by atoms with E-state index in [0.717, 1.165) is 0 Å². The van der Waals surface area contributed by atoms with Gasteiger partial charge in [-0.2, -0.15) is 0 Å².